The van der Waals surface area contributed by atoms with Crippen molar-refractivity contribution in [1.82, 2.24) is 0 Å². The molecule has 1 aliphatic heterocycles. The molecule has 19 heavy (non-hydrogen) atoms. The van der Waals surface area contributed by atoms with E-state index in [0.717, 1.165) is 0 Å². The Kier molecular flexibility index (Phi) is 4.66. The van der Waals surface area contributed by atoms with Crippen molar-refractivity contribution in [3.8, 4) is 0 Å². The molecule has 1 unspecified atom stereocenters. The molecule has 1 aromatic carbocycles. The maximum Gasteiger partial charge on any atom is 0.250 e. The Bertz CT molecular complexity index is 592. The van der Waals surface area contributed by atoms with Gasteiger partial charge in [0.25, 0.3) is 5.12 Å². The number of hydrogen-bond donors (Lipinski definition) is 2. The van der Waals surface area contributed by atoms with Crippen molar-refractivity contribution in [3.05, 3.63) is 32.9 Å². The molecule has 2 rings (SSSR count). The SMILES string of the molecule is OCC(CO)OCC1(Cl)N=c2cc(Cl)cc(Cl)c2=N1. The van der Waals surface area contributed by atoms with Gasteiger partial charge in [-0.15, -0.1) is 0 Å². The zero-order valence-electron chi connectivity index (χ0n) is 9.68. The quantitative estimate of drug-likeness (QED) is 0.612. The van der Waals surface area contributed by atoms with Gasteiger partial charge in [0.1, 0.15) is 18.1 Å². The molecule has 0 amide bonds. The van der Waals surface area contributed by atoms with Crippen molar-refractivity contribution >= 4 is 34.8 Å². The zero-order chi connectivity index (χ0) is 14.0. The maximum absolute atomic E-state index is 8.91. The van der Waals surface area contributed by atoms with E-state index in [1.165, 1.54) is 0 Å². The molecule has 0 spiro atoms. The number of rotatable bonds is 5. The summed E-state index contributed by atoms with van der Waals surface area (Å²) < 4.78 is 5.23. The molecule has 1 aromatic rings. The molecule has 1 heterocycles. The van der Waals surface area contributed by atoms with Crippen molar-refractivity contribution in [3.63, 3.8) is 0 Å². The third-order valence-electron chi connectivity index (χ3n) is 2.49. The maximum atomic E-state index is 8.91. The van der Waals surface area contributed by atoms with Crippen LogP contribution in [0, 0.1) is 0 Å². The van der Waals surface area contributed by atoms with Crippen LogP contribution in [-0.2, 0) is 4.74 Å². The first kappa shape index (κ1) is 15.0. The van der Waals surface area contributed by atoms with E-state index in [1.807, 2.05) is 0 Å². The number of benzene rings is 1. The number of ether oxygens (including phenoxy) is 1. The van der Waals surface area contributed by atoms with Gasteiger partial charge in [-0.3, -0.25) is 0 Å². The molecule has 0 bridgehead atoms. The molecule has 0 saturated heterocycles. The topological polar surface area (TPSA) is 74.4 Å². The Morgan fingerprint density at radius 3 is 2.53 bits per heavy atom. The molecule has 0 aromatic heterocycles. The number of aliphatic hydroxyl groups is 2. The summed E-state index contributed by atoms with van der Waals surface area (Å²) in [5.74, 6) is 0. The van der Waals surface area contributed by atoms with Gasteiger partial charge in [-0.25, -0.2) is 9.98 Å². The van der Waals surface area contributed by atoms with Gasteiger partial charge >= 0.3 is 0 Å². The van der Waals surface area contributed by atoms with Crippen molar-refractivity contribution in [1.29, 1.82) is 0 Å². The third-order valence-corrected chi connectivity index (χ3v) is 3.28. The fourth-order valence-corrected chi connectivity index (χ4v) is 2.34. The van der Waals surface area contributed by atoms with E-state index < -0.39 is 11.2 Å². The Labute approximate surface area is 124 Å². The van der Waals surface area contributed by atoms with Crippen molar-refractivity contribution < 1.29 is 14.9 Å². The van der Waals surface area contributed by atoms with Crippen LogP contribution in [-0.4, -0.2) is 41.3 Å². The molecule has 0 fully saturated rings. The molecule has 0 radical (unpaired) electrons. The van der Waals surface area contributed by atoms with Gasteiger partial charge in [-0.1, -0.05) is 34.8 Å². The third kappa shape index (κ3) is 3.37. The standard InChI is InChI=1S/C11H11Cl3N2O3/c12-6-1-8(13)10-9(2-6)15-11(14,16-10)5-19-7(3-17)4-18/h1-2,7,17-18H,3-5H2. The normalized spacial score (nSPS) is 21.2. The lowest BCUT2D eigenvalue weighted by Crippen LogP contribution is -2.30. The van der Waals surface area contributed by atoms with Gasteiger partial charge in [0, 0.05) is 5.02 Å². The van der Waals surface area contributed by atoms with Gasteiger partial charge in [0.15, 0.2) is 0 Å². The van der Waals surface area contributed by atoms with Gasteiger partial charge in [-0.05, 0) is 12.1 Å². The minimum atomic E-state index is -1.35. The highest BCUT2D eigenvalue weighted by Gasteiger charge is 2.30. The van der Waals surface area contributed by atoms with E-state index in [9.17, 15) is 0 Å². The second-order valence-electron chi connectivity index (χ2n) is 4.00. The van der Waals surface area contributed by atoms with Crippen LogP contribution in [0.15, 0.2) is 22.1 Å². The van der Waals surface area contributed by atoms with Crippen LogP contribution < -0.4 is 10.7 Å². The Morgan fingerprint density at radius 2 is 1.89 bits per heavy atom. The van der Waals surface area contributed by atoms with Gasteiger partial charge in [0.2, 0.25) is 0 Å². The first-order chi connectivity index (χ1) is 8.97. The molecule has 5 nitrogen and oxygen atoms in total. The Balaban J connectivity index is 2.24. The summed E-state index contributed by atoms with van der Waals surface area (Å²) in [4.78, 5) is 8.37. The second-order valence-corrected chi connectivity index (χ2v) is 5.44. The van der Waals surface area contributed by atoms with E-state index in [2.05, 4.69) is 9.98 Å². The van der Waals surface area contributed by atoms with Crippen LogP contribution in [0.5, 0.6) is 0 Å². The van der Waals surface area contributed by atoms with Crippen LogP contribution in [0.4, 0.5) is 0 Å². The molecule has 2 N–H and O–H groups in total. The molecule has 0 saturated carbocycles. The van der Waals surface area contributed by atoms with E-state index in [0.29, 0.717) is 20.8 Å². The van der Waals surface area contributed by atoms with E-state index >= 15 is 0 Å². The highest BCUT2D eigenvalue weighted by molar-refractivity contribution is 6.34. The van der Waals surface area contributed by atoms with Gasteiger partial charge < -0.3 is 14.9 Å². The first-order valence-electron chi connectivity index (χ1n) is 5.44. The van der Waals surface area contributed by atoms with Crippen molar-refractivity contribution in [2.75, 3.05) is 19.8 Å². The smallest absolute Gasteiger partial charge is 0.250 e. The lowest BCUT2D eigenvalue weighted by atomic mass is 10.3. The largest absolute Gasteiger partial charge is 0.394 e. The molecule has 8 heteroatoms. The van der Waals surface area contributed by atoms with Crippen LogP contribution in [0.2, 0.25) is 10.0 Å². The average molecular weight is 326 g/mol. The molecule has 104 valence electrons. The van der Waals surface area contributed by atoms with Gasteiger partial charge in [0.05, 0.1) is 23.6 Å². The van der Waals surface area contributed by atoms with Crippen LogP contribution in [0.1, 0.15) is 0 Å². The molecule has 0 aliphatic carbocycles. The highest BCUT2D eigenvalue weighted by atomic mass is 35.5. The minimum absolute atomic E-state index is 0.0943. The number of nitrogens with zero attached hydrogens (tertiary/aromatic N) is 2. The summed E-state index contributed by atoms with van der Waals surface area (Å²) in [6.45, 7) is -0.727. The lowest BCUT2D eigenvalue weighted by Gasteiger charge is -2.18. The van der Waals surface area contributed by atoms with Gasteiger partial charge in [-0.2, -0.15) is 0 Å². The molecular formula is C11H11Cl3N2O3. The predicted molar refractivity (Wildman–Crippen MR) is 71.3 cm³/mol. The molecule has 1 atom stereocenters. The number of fused-ring (bicyclic) bond motifs is 1. The van der Waals surface area contributed by atoms with Crippen molar-refractivity contribution in [2.24, 2.45) is 9.98 Å². The fourth-order valence-electron chi connectivity index (χ4n) is 1.58. The van der Waals surface area contributed by atoms with Crippen LogP contribution in [0.3, 0.4) is 0 Å². The lowest BCUT2D eigenvalue weighted by molar-refractivity contribution is -0.0277. The van der Waals surface area contributed by atoms with E-state index in [1.54, 1.807) is 12.1 Å². The summed E-state index contributed by atoms with van der Waals surface area (Å²) in [5.41, 5.74) is 0. The fraction of sp³-hybridized carbons (Fsp3) is 0.455. The van der Waals surface area contributed by atoms with E-state index in [-0.39, 0.29) is 19.8 Å². The van der Waals surface area contributed by atoms with Crippen LogP contribution >= 0.6 is 34.8 Å². The zero-order valence-corrected chi connectivity index (χ0v) is 12.0. The summed E-state index contributed by atoms with van der Waals surface area (Å²) in [5, 5.41) is 18.2. The molecule has 1 aliphatic rings. The number of halogens is 3. The summed E-state index contributed by atoms with van der Waals surface area (Å²) in [6.07, 6.45) is -0.719. The Hall–Kier alpha value is -0.430. The van der Waals surface area contributed by atoms with Crippen LogP contribution in [0.25, 0.3) is 0 Å². The van der Waals surface area contributed by atoms with E-state index in [4.69, 9.17) is 49.8 Å². The monoisotopic (exact) mass is 324 g/mol. The second kappa shape index (κ2) is 5.91. The predicted octanol–water partition coefficient (Wildman–Crippen LogP) is 0.509. The summed E-state index contributed by atoms with van der Waals surface area (Å²) in [7, 11) is 0. The number of hydrogen-bond acceptors (Lipinski definition) is 5. The average Bonchev–Trinajstić information content (AvgIpc) is 2.68. The Morgan fingerprint density at radius 1 is 1.21 bits per heavy atom. The number of aliphatic hydroxyl groups excluding tert-OH is 2. The minimum Gasteiger partial charge on any atom is -0.394 e. The molecular weight excluding hydrogens is 314 g/mol. The summed E-state index contributed by atoms with van der Waals surface area (Å²) >= 11 is 18.1. The summed E-state index contributed by atoms with van der Waals surface area (Å²) in [6, 6.07) is 3.15. The first-order valence-corrected chi connectivity index (χ1v) is 6.58. The highest BCUT2D eigenvalue weighted by Crippen LogP contribution is 2.22. The number of alkyl halides is 1. The van der Waals surface area contributed by atoms with Crippen molar-refractivity contribution in [2.45, 2.75) is 11.2 Å².